The Labute approximate surface area is 150 Å². The summed E-state index contributed by atoms with van der Waals surface area (Å²) in [5.41, 5.74) is 0. The summed E-state index contributed by atoms with van der Waals surface area (Å²) in [6.07, 6.45) is 2.28. The maximum absolute atomic E-state index is 6.25. The fraction of sp³-hybridized carbons (Fsp3) is 0.385. The van der Waals surface area contributed by atoms with Crippen LogP contribution in [0.25, 0.3) is 0 Å². The minimum absolute atomic E-state index is 0. The fourth-order valence-corrected chi connectivity index (χ4v) is 1.63. The van der Waals surface area contributed by atoms with Crippen LogP contribution < -0.4 is 42.9 Å². The summed E-state index contributed by atoms with van der Waals surface area (Å²) < 4.78 is 0. The first-order chi connectivity index (χ1) is 7.22. The molecule has 0 aromatic heterocycles. The van der Waals surface area contributed by atoms with Gasteiger partial charge in [0.05, 0.1) is 0 Å². The number of benzene rings is 1. The van der Waals surface area contributed by atoms with E-state index in [-0.39, 0.29) is 63.6 Å². The molecule has 0 bridgehead atoms. The van der Waals surface area contributed by atoms with Gasteiger partial charge in [-0.3, -0.25) is 8.80 Å². The van der Waals surface area contributed by atoms with Crippen molar-refractivity contribution in [2.75, 3.05) is 0 Å². The van der Waals surface area contributed by atoms with Crippen molar-refractivity contribution in [2.45, 2.75) is 32.9 Å². The van der Waals surface area contributed by atoms with Crippen molar-refractivity contribution in [3.05, 3.63) is 43.8 Å². The predicted octanol–water partition coefficient (Wildman–Crippen LogP) is -2.63. The van der Waals surface area contributed by atoms with Crippen LogP contribution in [0.2, 0.25) is 13.1 Å². The first kappa shape index (κ1) is 31.2. The monoisotopic (exact) mass is 295 g/mol. The summed E-state index contributed by atoms with van der Waals surface area (Å²) in [5.74, 6) is 0. The first-order valence-corrected chi connectivity index (χ1v) is 7.59. The Morgan fingerprint density at radius 3 is 1.61 bits per heavy atom. The van der Waals surface area contributed by atoms with Crippen molar-refractivity contribution < 1.29 is 54.8 Å². The number of nitrogens with zero attached hydrogens (tertiary/aromatic N) is 1. The van der Waals surface area contributed by atoms with Crippen molar-refractivity contribution in [1.29, 1.82) is 5.26 Å². The molecule has 0 aliphatic heterocycles. The largest absolute Gasteiger partial charge is 1.00 e. The molecule has 0 saturated heterocycles. The Morgan fingerprint density at radius 2 is 1.44 bits per heavy atom. The second-order valence-corrected chi connectivity index (χ2v) is 5.80. The van der Waals surface area contributed by atoms with Gasteiger partial charge in [-0.05, 0) is 0 Å². The topological polar surface area (TPSA) is 23.8 Å². The van der Waals surface area contributed by atoms with Gasteiger partial charge < -0.3 is 18.8 Å². The van der Waals surface area contributed by atoms with E-state index in [4.69, 9.17) is 11.8 Å². The van der Waals surface area contributed by atoms with Gasteiger partial charge >= 0.3 is 54.8 Å². The van der Waals surface area contributed by atoms with Crippen LogP contribution in [0.5, 0.6) is 0 Å². The van der Waals surface area contributed by atoms with E-state index in [1.807, 2.05) is 0 Å². The van der Waals surface area contributed by atoms with Gasteiger partial charge in [-0.1, -0.05) is 43.7 Å². The summed E-state index contributed by atoms with van der Waals surface area (Å²) in [4.78, 5) is 0. The minimum atomic E-state index is -0.212. The van der Waals surface area contributed by atoms with E-state index < -0.39 is 0 Å². The maximum Gasteiger partial charge on any atom is 1.00 e. The molecule has 0 saturated carbocycles. The third kappa shape index (κ3) is 21.9. The molecule has 0 fully saturated rings. The molecule has 0 radical (unpaired) electrons. The summed E-state index contributed by atoms with van der Waals surface area (Å²) in [6, 6.07) is 10.7. The average molecular weight is 296 g/mol. The standard InChI is InChI=1S/C8H11Si.C4H9.CN.Cu.2Li/c1-9(2)8-6-4-3-5-7-8;1-3-4-2;1-2;;;/h3-7H,1-2H3;1,3-4H2,2H3;;;;/q3*-1;3*+1. The molecule has 1 aromatic carbocycles. The number of hydrogen-bond acceptors (Lipinski definition) is 1. The number of unbranched alkanes of at least 4 members (excludes halogenated alkanes) is 1. The summed E-state index contributed by atoms with van der Waals surface area (Å²) in [7, 11) is -0.212. The quantitative estimate of drug-likeness (QED) is 0.433. The smallest absolute Gasteiger partial charge is 0.512 e. The zero-order chi connectivity index (χ0) is 12.1. The van der Waals surface area contributed by atoms with Gasteiger partial charge in [0.25, 0.3) is 0 Å². The van der Waals surface area contributed by atoms with Crippen LogP contribution in [0.4, 0.5) is 0 Å². The van der Waals surface area contributed by atoms with Gasteiger partial charge in [0.15, 0.2) is 0 Å². The van der Waals surface area contributed by atoms with Gasteiger partial charge in [0.1, 0.15) is 0 Å². The van der Waals surface area contributed by atoms with Crippen molar-refractivity contribution in [2.24, 2.45) is 0 Å². The molecule has 0 aliphatic carbocycles. The maximum atomic E-state index is 6.25. The van der Waals surface area contributed by atoms with E-state index in [9.17, 15) is 0 Å². The third-order valence-electron chi connectivity index (χ3n) is 1.70. The summed E-state index contributed by atoms with van der Waals surface area (Å²) >= 11 is 0. The normalized spacial score (nSPS) is 6.33. The molecule has 1 rings (SSSR count). The Morgan fingerprint density at radius 1 is 1.11 bits per heavy atom. The van der Waals surface area contributed by atoms with Gasteiger partial charge in [-0.2, -0.15) is 24.7 Å². The van der Waals surface area contributed by atoms with Crippen LogP contribution in [-0.2, 0) is 17.1 Å². The minimum Gasteiger partial charge on any atom is -0.512 e. The molecule has 0 atom stereocenters. The molecule has 1 nitrogen and oxygen atoms in total. The van der Waals surface area contributed by atoms with Gasteiger partial charge in [-0.25, -0.2) is 0 Å². The SMILES string of the molecule is C[Si-](C)c1ccccc1.[C-]#N.[CH2-]CCC.[Cu+].[Li+].[Li+]. The Bertz CT molecular complexity index is 241. The molecular formula is C13H20CuLi2NSi. The van der Waals surface area contributed by atoms with Crippen LogP contribution in [-0.4, -0.2) is 8.80 Å². The van der Waals surface area contributed by atoms with Crippen molar-refractivity contribution in [1.82, 2.24) is 0 Å². The molecule has 0 aliphatic rings. The van der Waals surface area contributed by atoms with Gasteiger partial charge in [0.2, 0.25) is 0 Å². The second-order valence-electron chi connectivity index (χ2n) is 3.22. The van der Waals surface area contributed by atoms with Crippen molar-refractivity contribution in [3.63, 3.8) is 0 Å². The molecule has 5 heteroatoms. The molecular weight excluding hydrogens is 276 g/mol. The second kappa shape index (κ2) is 26.3. The van der Waals surface area contributed by atoms with Crippen molar-refractivity contribution in [3.8, 4) is 0 Å². The van der Waals surface area contributed by atoms with E-state index in [2.05, 4.69) is 57.3 Å². The van der Waals surface area contributed by atoms with Crippen molar-refractivity contribution >= 4 is 14.0 Å². The molecule has 94 valence electrons. The van der Waals surface area contributed by atoms with Crippen LogP contribution >= 0.6 is 0 Å². The third-order valence-corrected chi connectivity index (χ3v) is 3.19. The fourth-order valence-electron chi connectivity index (χ4n) is 0.771. The van der Waals surface area contributed by atoms with Gasteiger partial charge in [0, 0.05) is 0 Å². The Balaban J connectivity index is -0.0000000553. The molecule has 0 unspecified atom stereocenters. The van der Waals surface area contributed by atoms with Crippen LogP contribution in [0.3, 0.4) is 0 Å². The van der Waals surface area contributed by atoms with Crippen LogP contribution in [0, 0.1) is 18.8 Å². The number of hydrogen-bond donors (Lipinski definition) is 0. The average Bonchev–Trinajstić information content (AvgIpc) is 2.33. The molecule has 0 heterocycles. The van der Waals surface area contributed by atoms with E-state index in [1.165, 1.54) is 11.6 Å². The Hall–Kier alpha value is 0.641. The van der Waals surface area contributed by atoms with E-state index in [0.717, 1.165) is 6.42 Å². The zero-order valence-electron chi connectivity index (χ0n) is 12.3. The summed E-state index contributed by atoms with van der Waals surface area (Å²) in [6.45, 7) is 15.1. The van der Waals surface area contributed by atoms with Crippen LogP contribution in [0.1, 0.15) is 19.8 Å². The van der Waals surface area contributed by atoms with E-state index in [0.29, 0.717) is 0 Å². The first-order valence-electron chi connectivity index (χ1n) is 5.09. The molecule has 1 aromatic rings. The molecule has 0 spiro atoms. The van der Waals surface area contributed by atoms with E-state index in [1.54, 1.807) is 0 Å². The predicted molar refractivity (Wildman–Crippen MR) is 68.8 cm³/mol. The molecule has 0 N–H and O–H groups in total. The Kier molecular flexibility index (Phi) is 45.5. The van der Waals surface area contributed by atoms with Gasteiger partial charge in [-0.15, -0.1) is 0 Å². The molecule has 0 amide bonds. The number of rotatable bonds is 2. The van der Waals surface area contributed by atoms with Crippen LogP contribution in [0.15, 0.2) is 30.3 Å². The molecule has 18 heavy (non-hydrogen) atoms. The van der Waals surface area contributed by atoms with E-state index >= 15 is 0 Å². The summed E-state index contributed by atoms with van der Waals surface area (Å²) in [5, 5.41) is 7.77. The zero-order valence-corrected chi connectivity index (χ0v) is 14.2.